The molecule has 0 spiro atoms. The van der Waals surface area contributed by atoms with Crippen LogP contribution in [-0.4, -0.2) is 19.3 Å². The van der Waals surface area contributed by atoms with Crippen molar-refractivity contribution in [2.75, 3.05) is 5.32 Å². The van der Waals surface area contributed by atoms with Crippen molar-refractivity contribution in [1.82, 2.24) is 4.98 Å². The lowest BCUT2D eigenvalue weighted by atomic mass is 10.1. The maximum Gasteiger partial charge on any atom is 0.257 e. The van der Waals surface area contributed by atoms with Crippen LogP contribution in [0.5, 0.6) is 0 Å². The molecule has 3 aromatic carbocycles. The average molecular weight is 463 g/mol. The molecular formula is C25H22N2O3S2. The van der Waals surface area contributed by atoms with E-state index >= 15 is 0 Å². The van der Waals surface area contributed by atoms with E-state index in [1.807, 2.05) is 17.5 Å². The summed E-state index contributed by atoms with van der Waals surface area (Å²) in [7, 11) is -3.49. The molecular weight excluding hydrogens is 440 g/mol. The highest BCUT2D eigenvalue weighted by atomic mass is 32.2. The van der Waals surface area contributed by atoms with E-state index in [4.69, 9.17) is 0 Å². The standard InChI is InChI=1S/C25H22N2O3S2/c1-2-18-11-13-20(14-12-18)23-16-31-25(26-23)27-24(28)21-8-6-7-19(15-21)17-32(29,30)22-9-4-3-5-10-22/h3-16H,2,17H2,1H3,(H,26,27,28). The van der Waals surface area contributed by atoms with Gasteiger partial charge in [-0.15, -0.1) is 11.3 Å². The van der Waals surface area contributed by atoms with Crippen LogP contribution in [0, 0.1) is 0 Å². The first-order valence-electron chi connectivity index (χ1n) is 10.2. The van der Waals surface area contributed by atoms with Gasteiger partial charge in [0.15, 0.2) is 15.0 Å². The summed E-state index contributed by atoms with van der Waals surface area (Å²) in [5.74, 6) is -0.501. The predicted molar refractivity (Wildman–Crippen MR) is 129 cm³/mol. The maximum absolute atomic E-state index is 12.7. The highest BCUT2D eigenvalue weighted by Gasteiger charge is 2.16. The number of thiazole rings is 1. The number of hydrogen-bond acceptors (Lipinski definition) is 5. The second-order valence-corrected chi connectivity index (χ2v) is 10.2. The molecule has 1 amide bonds. The quantitative estimate of drug-likeness (QED) is 0.388. The van der Waals surface area contributed by atoms with Gasteiger partial charge in [-0.2, -0.15) is 0 Å². The van der Waals surface area contributed by atoms with Gasteiger partial charge in [0.2, 0.25) is 0 Å². The van der Waals surface area contributed by atoms with Gasteiger partial charge in [-0.3, -0.25) is 10.1 Å². The molecule has 0 unspecified atom stereocenters. The van der Waals surface area contributed by atoms with Crippen molar-refractivity contribution in [2.45, 2.75) is 24.0 Å². The fourth-order valence-electron chi connectivity index (χ4n) is 3.28. The Kier molecular flexibility index (Phi) is 6.48. The van der Waals surface area contributed by atoms with Gasteiger partial charge in [0, 0.05) is 16.5 Å². The van der Waals surface area contributed by atoms with Gasteiger partial charge in [-0.05, 0) is 41.8 Å². The molecule has 0 fully saturated rings. The van der Waals surface area contributed by atoms with E-state index in [-0.39, 0.29) is 16.6 Å². The summed E-state index contributed by atoms with van der Waals surface area (Å²) < 4.78 is 25.3. The van der Waals surface area contributed by atoms with Crippen LogP contribution in [0.2, 0.25) is 0 Å². The van der Waals surface area contributed by atoms with Crippen LogP contribution >= 0.6 is 11.3 Å². The summed E-state index contributed by atoms with van der Waals surface area (Å²) in [6.45, 7) is 2.11. The van der Waals surface area contributed by atoms with E-state index in [0.29, 0.717) is 16.3 Å². The van der Waals surface area contributed by atoms with Crippen molar-refractivity contribution < 1.29 is 13.2 Å². The number of rotatable bonds is 7. The molecule has 0 saturated carbocycles. The number of amides is 1. The zero-order valence-electron chi connectivity index (χ0n) is 17.5. The smallest absolute Gasteiger partial charge is 0.257 e. The van der Waals surface area contributed by atoms with E-state index < -0.39 is 9.84 Å². The van der Waals surface area contributed by atoms with E-state index in [9.17, 15) is 13.2 Å². The number of anilines is 1. The highest BCUT2D eigenvalue weighted by Crippen LogP contribution is 2.26. The van der Waals surface area contributed by atoms with Crippen molar-refractivity contribution in [3.63, 3.8) is 0 Å². The summed E-state index contributed by atoms with van der Waals surface area (Å²) >= 11 is 1.35. The fraction of sp³-hybridized carbons (Fsp3) is 0.120. The number of benzene rings is 3. The zero-order valence-corrected chi connectivity index (χ0v) is 19.1. The molecule has 1 heterocycles. The number of nitrogens with zero attached hydrogens (tertiary/aromatic N) is 1. The molecule has 0 saturated heterocycles. The number of sulfone groups is 1. The van der Waals surface area contributed by atoms with Gasteiger partial charge in [0.05, 0.1) is 16.3 Å². The minimum absolute atomic E-state index is 0.173. The lowest BCUT2D eigenvalue weighted by Crippen LogP contribution is -2.12. The average Bonchev–Trinajstić information content (AvgIpc) is 3.28. The van der Waals surface area contributed by atoms with Crippen molar-refractivity contribution in [1.29, 1.82) is 0 Å². The SMILES string of the molecule is CCc1ccc(-c2csc(NC(=O)c3cccc(CS(=O)(=O)c4ccccc4)c3)n2)cc1. The maximum atomic E-state index is 12.7. The molecule has 0 aliphatic rings. The van der Waals surface area contributed by atoms with Crippen LogP contribution in [-0.2, 0) is 22.0 Å². The van der Waals surface area contributed by atoms with E-state index in [2.05, 4.69) is 29.4 Å². The van der Waals surface area contributed by atoms with Crippen LogP contribution in [0.15, 0.2) is 89.1 Å². The minimum atomic E-state index is -3.49. The van der Waals surface area contributed by atoms with Gasteiger partial charge >= 0.3 is 0 Å². The monoisotopic (exact) mass is 462 g/mol. The Morgan fingerprint density at radius 1 is 0.938 bits per heavy atom. The highest BCUT2D eigenvalue weighted by molar-refractivity contribution is 7.90. The molecule has 0 aliphatic carbocycles. The molecule has 4 rings (SSSR count). The van der Waals surface area contributed by atoms with Gasteiger partial charge in [-0.1, -0.05) is 61.5 Å². The van der Waals surface area contributed by atoms with Gasteiger partial charge in [0.25, 0.3) is 5.91 Å². The minimum Gasteiger partial charge on any atom is -0.298 e. The van der Waals surface area contributed by atoms with Gasteiger partial charge < -0.3 is 0 Å². The second kappa shape index (κ2) is 9.46. The van der Waals surface area contributed by atoms with Crippen LogP contribution in [0.25, 0.3) is 11.3 Å². The lowest BCUT2D eigenvalue weighted by Gasteiger charge is -2.07. The van der Waals surface area contributed by atoms with Gasteiger partial charge in [0.1, 0.15) is 0 Å². The van der Waals surface area contributed by atoms with Crippen molar-refractivity contribution in [3.05, 3.63) is 101 Å². The van der Waals surface area contributed by atoms with Crippen molar-refractivity contribution >= 4 is 32.2 Å². The molecule has 7 heteroatoms. The molecule has 0 atom stereocenters. The van der Waals surface area contributed by atoms with E-state index in [1.165, 1.54) is 16.9 Å². The summed E-state index contributed by atoms with van der Waals surface area (Å²) in [4.78, 5) is 17.5. The van der Waals surface area contributed by atoms with Crippen molar-refractivity contribution in [3.8, 4) is 11.3 Å². The first-order valence-corrected chi connectivity index (χ1v) is 12.7. The third-order valence-electron chi connectivity index (χ3n) is 5.03. The molecule has 162 valence electrons. The summed E-state index contributed by atoms with van der Waals surface area (Å²) in [6, 6.07) is 23.1. The van der Waals surface area contributed by atoms with Crippen LogP contribution in [0.4, 0.5) is 5.13 Å². The Hall–Kier alpha value is -3.29. The van der Waals surface area contributed by atoms with Crippen molar-refractivity contribution in [2.24, 2.45) is 0 Å². The third-order valence-corrected chi connectivity index (χ3v) is 7.49. The molecule has 0 aliphatic heterocycles. The second-order valence-electron chi connectivity index (χ2n) is 7.32. The summed E-state index contributed by atoms with van der Waals surface area (Å²) in [5.41, 5.74) is 3.99. The van der Waals surface area contributed by atoms with Crippen LogP contribution < -0.4 is 5.32 Å². The Morgan fingerprint density at radius 3 is 2.41 bits per heavy atom. The lowest BCUT2D eigenvalue weighted by molar-refractivity contribution is 0.102. The number of hydrogen-bond donors (Lipinski definition) is 1. The number of carbonyl (C=O) groups excluding carboxylic acids is 1. The fourth-order valence-corrected chi connectivity index (χ4v) is 5.35. The molecule has 32 heavy (non-hydrogen) atoms. The molecule has 0 bridgehead atoms. The molecule has 0 radical (unpaired) electrons. The normalized spacial score (nSPS) is 11.3. The van der Waals surface area contributed by atoms with Crippen LogP contribution in [0.1, 0.15) is 28.4 Å². The summed E-state index contributed by atoms with van der Waals surface area (Å²) in [6.07, 6.45) is 0.977. The largest absolute Gasteiger partial charge is 0.298 e. The molecule has 4 aromatic rings. The molecule has 1 N–H and O–H groups in total. The topological polar surface area (TPSA) is 76.1 Å². The number of nitrogens with one attached hydrogen (secondary N) is 1. The van der Waals surface area contributed by atoms with E-state index in [0.717, 1.165) is 17.7 Å². The molecule has 1 aromatic heterocycles. The van der Waals surface area contributed by atoms with E-state index in [1.54, 1.807) is 54.6 Å². The van der Waals surface area contributed by atoms with Crippen LogP contribution in [0.3, 0.4) is 0 Å². The number of aromatic nitrogens is 1. The Bertz CT molecular complexity index is 1330. The number of aryl methyl sites for hydroxylation is 1. The summed E-state index contributed by atoms with van der Waals surface area (Å²) in [5, 5.41) is 5.21. The Labute approximate surface area is 191 Å². The van der Waals surface area contributed by atoms with Gasteiger partial charge in [-0.25, -0.2) is 13.4 Å². The Morgan fingerprint density at radius 2 is 1.69 bits per heavy atom. The first kappa shape index (κ1) is 21.9. The molecule has 5 nitrogen and oxygen atoms in total. The zero-order chi connectivity index (χ0) is 22.6. The third kappa shape index (κ3) is 5.12. The number of carbonyl (C=O) groups is 1. The predicted octanol–water partition coefficient (Wildman–Crippen LogP) is 5.60. The first-order chi connectivity index (χ1) is 15.4. The Balaban J connectivity index is 1.47.